The molecule has 6 nitrogen and oxygen atoms in total. The molecule has 0 spiro atoms. The van der Waals surface area contributed by atoms with E-state index in [0.29, 0.717) is 30.3 Å². The van der Waals surface area contributed by atoms with E-state index in [1.807, 2.05) is 5.38 Å². The number of methoxy groups -OCH3 is 1. The fourth-order valence-electron chi connectivity index (χ4n) is 1.85. The van der Waals surface area contributed by atoms with E-state index < -0.39 is 0 Å². The normalized spacial score (nSPS) is 10.4. The monoisotopic (exact) mass is 322 g/mol. The van der Waals surface area contributed by atoms with Crippen LogP contribution in [0.3, 0.4) is 0 Å². The summed E-state index contributed by atoms with van der Waals surface area (Å²) in [6.07, 6.45) is 1.56. The van der Waals surface area contributed by atoms with Crippen molar-refractivity contribution < 1.29 is 18.7 Å². The first-order valence-corrected chi connectivity index (χ1v) is 7.69. The van der Waals surface area contributed by atoms with Gasteiger partial charge in [-0.15, -0.1) is 11.3 Å². The minimum Gasteiger partial charge on any atom is -0.467 e. The highest BCUT2D eigenvalue weighted by Crippen LogP contribution is 2.08. The molecule has 118 valence electrons. The molecule has 2 aromatic heterocycles. The van der Waals surface area contributed by atoms with Crippen LogP contribution in [0.25, 0.3) is 0 Å². The highest BCUT2D eigenvalue weighted by Gasteiger charge is 2.16. The minimum absolute atomic E-state index is 0.0544. The van der Waals surface area contributed by atoms with E-state index in [2.05, 4.69) is 5.32 Å². The summed E-state index contributed by atoms with van der Waals surface area (Å²) in [4.78, 5) is 26.3. The number of carbonyl (C=O) groups is 2. The van der Waals surface area contributed by atoms with Crippen molar-refractivity contribution in [1.82, 2.24) is 10.2 Å². The van der Waals surface area contributed by atoms with Crippen LogP contribution < -0.4 is 5.32 Å². The van der Waals surface area contributed by atoms with E-state index in [-0.39, 0.29) is 18.4 Å². The zero-order chi connectivity index (χ0) is 15.8. The van der Waals surface area contributed by atoms with Crippen LogP contribution in [-0.2, 0) is 16.1 Å². The summed E-state index contributed by atoms with van der Waals surface area (Å²) < 4.78 is 10.3. The van der Waals surface area contributed by atoms with Crippen molar-refractivity contribution >= 4 is 23.2 Å². The van der Waals surface area contributed by atoms with Crippen molar-refractivity contribution in [2.24, 2.45) is 0 Å². The molecule has 0 saturated heterocycles. The number of carbonyl (C=O) groups excluding carboxylic acids is 2. The molecule has 7 heteroatoms. The second kappa shape index (κ2) is 8.35. The maximum atomic E-state index is 12.3. The Bertz CT molecular complexity index is 581. The Morgan fingerprint density at radius 3 is 2.86 bits per heavy atom. The van der Waals surface area contributed by atoms with Gasteiger partial charge in [0.25, 0.3) is 5.91 Å². The third-order valence-electron chi connectivity index (χ3n) is 2.99. The molecule has 0 aliphatic heterocycles. The number of nitrogens with one attached hydrogen (secondary N) is 1. The molecule has 0 aromatic carbocycles. The quantitative estimate of drug-likeness (QED) is 0.803. The maximum absolute atomic E-state index is 12.3. The summed E-state index contributed by atoms with van der Waals surface area (Å²) in [6, 6.07) is 7.09. The van der Waals surface area contributed by atoms with E-state index in [1.165, 1.54) is 11.3 Å². The predicted octanol–water partition coefficient (Wildman–Crippen LogP) is 1.75. The van der Waals surface area contributed by atoms with Gasteiger partial charge in [0.05, 0.1) is 30.8 Å². The Morgan fingerprint density at radius 2 is 2.23 bits per heavy atom. The van der Waals surface area contributed by atoms with Gasteiger partial charge in [0.1, 0.15) is 5.76 Å². The van der Waals surface area contributed by atoms with E-state index in [1.54, 1.807) is 42.5 Å². The van der Waals surface area contributed by atoms with Gasteiger partial charge < -0.3 is 19.4 Å². The number of nitrogens with zero attached hydrogens (tertiary/aromatic N) is 1. The van der Waals surface area contributed by atoms with Crippen molar-refractivity contribution in [3.05, 3.63) is 46.5 Å². The van der Waals surface area contributed by atoms with Crippen LogP contribution in [0, 0.1) is 0 Å². The number of thiophene rings is 1. The molecule has 0 aliphatic carbocycles. The molecule has 22 heavy (non-hydrogen) atoms. The number of hydrogen-bond acceptors (Lipinski definition) is 5. The summed E-state index contributed by atoms with van der Waals surface area (Å²) in [6.45, 7) is 1.15. The highest BCUT2D eigenvalue weighted by molar-refractivity contribution is 7.12. The first-order chi connectivity index (χ1) is 10.7. The van der Waals surface area contributed by atoms with Gasteiger partial charge in [-0.1, -0.05) is 6.07 Å². The second-order valence-electron chi connectivity index (χ2n) is 4.55. The van der Waals surface area contributed by atoms with Gasteiger partial charge in [0.15, 0.2) is 0 Å². The Balaban J connectivity index is 1.88. The van der Waals surface area contributed by atoms with Crippen LogP contribution in [0.15, 0.2) is 40.3 Å². The fourth-order valence-corrected chi connectivity index (χ4v) is 2.49. The third-order valence-corrected chi connectivity index (χ3v) is 3.86. The van der Waals surface area contributed by atoms with Crippen LogP contribution in [-0.4, -0.2) is 43.5 Å². The number of ether oxygens (including phenoxy) is 1. The van der Waals surface area contributed by atoms with Crippen molar-refractivity contribution in [2.45, 2.75) is 6.54 Å². The largest absolute Gasteiger partial charge is 0.467 e. The Labute approximate surface area is 132 Å². The number of furan rings is 1. The lowest BCUT2D eigenvalue weighted by Gasteiger charge is -2.21. The lowest BCUT2D eigenvalue weighted by Crippen LogP contribution is -2.41. The van der Waals surface area contributed by atoms with E-state index in [9.17, 15) is 9.59 Å². The van der Waals surface area contributed by atoms with Gasteiger partial charge >= 0.3 is 0 Å². The molecule has 0 unspecified atom stereocenters. The molecule has 0 saturated carbocycles. The molecule has 1 N–H and O–H groups in total. The molecule has 2 amide bonds. The third kappa shape index (κ3) is 4.71. The average Bonchev–Trinajstić information content (AvgIpc) is 3.21. The smallest absolute Gasteiger partial charge is 0.261 e. The van der Waals surface area contributed by atoms with Crippen molar-refractivity contribution in [3.63, 3.8) is 0 Å². The predicted molar refractivity (Wildman–Crippen MR) is 82.7 cm³/mol. The Hall–Kier alpha value is -2.12. The molecule has 2 heterocycles. The molecule has 2 aromatic rings. The zero-order valence-corrected chi connectivity index (χ0v) is 13.1. The molecule has 0 aliphatic rings. The molecule has 0 radical (unpaired) electrons. The highest BCUT2D eigenvalue weighted by atomic mass is 32.1. The first-order valence-electron chi connectivity index (χ1n) is 6.81. The average molecular weight is 322 g/mol. The van der Waals surface area contributed by atoms with E-state index in [4.69, 9.17) is 9.15 Å². The molecule has 0 fully saturated rings. The van der Waals surface area contributed by atoms with Crippen molar-refractivity contribution in [3.8, 4) is 0 Å². The first kappa shape index (κ1) is 16.3. The number of rotatable bonds is 8. The summed E-state index contributed by atoms with van der Waals surface area (Å²) >= 11 is 1.34. The SMILES string of the molecule is COCCN(Cc1ccco1)C(=O)CNC(=O)c1cccs1. The standard InChI is InChI=1S/C15H18N2O4S/c1-20-8-6-17(11-12-4-2-7-21-12)14(18)10-16-15(19)13-5-3-9-22-13/h2-5,7,9H,6,8,10-11H2,1H3,(H,16,19). The molecular formula is C15H18N2O4S. The molecule has 0 bridgehead atoms. The Kier molecular flexibility index (Phi) is 6.17. The summed E-state index contributed by atoms with van der Waals surface area (Å²) in [7, 11) is 1.58. The molecular weight excluding hydrogens is 304 g/mol. The van der Waals surface area contributed by atoms with Crippen LogP contribution in [0.4, 0.5) is 0 Å². The van der Waals surface area contributed by atoms with Crippen molar-refractivity contribution in [2.75, 3.05) is 26.8 Å². The number of hydrogen-bond donors (Lipinski definition) is 1. The van der Waals surface area contributed by atoms with Gasteiger partial charge in [-0.05, 0) is 23.6 Å². The van der Waals surface area contributed by atoms with Crippen LogP contribution in [0.5, 0.6) is 0 Å². The van der Waals surface area contributed by atoms with Crippen LogP contribution in [0.2, 0.25) is 0 Å². The maximum Gasteiger partial charge on any atom is 0.261 e. The van der Waals surface area contributed by atoms with Gasteiger partial charge in [-0.2, -0.15) is 0 Å². The minimum atomic E-state index is -0.243. The lowest BCUT2D eigenvalue weighted by molar-refractivity contribution is -0.131. The van der Waals surface area contributed by atoms with E-state index >= 15 is 0 Å². The van der Waals surface area contributed by atoms with Crippen LogP contribution in [0.1, 0.15) is 15.4 Å². The van der Waals surface area contributed by atoms with Gasteiger partial charge in [-0.3, -0.25) is 9.59 Å². The topological polar surface area (TPSA) is 71.8 Å². The summed E-state index contributed by atoms with van der Waals surface area (Å²) in [5.74, 6) is 0.264. The van der Waals surface area contributed by atoms with Gasteiger partial charge in [0.2, 0.25) is 5.91 Å². The zero-order valence-electron chi connectivity index (χ0n) is 12.3. The van der Waals surface area contributed by atoms with Crippen LogP contribution >= 0.6 is 11.3 Å². The van der Waals surface area contributed by atoms with Gasteiger partial charge in [0, 0.05) is 13.7 Å². The summed E-state index contributed by atoms with van der Waals surface area (Å²) in [5, 5.41) is 4.45. The second-order valence-corrected chi connectivity index (χ2v) is 5.50. The Morgan fingerprint density at radius 1 is 1.36 bits per heavy atom. The van der Waals surface area contributed by atoms with E-state index in [0.717, 1.165) is 0 Å². The number of amides is 2. The molecule has 2 rings (SSSR count). The lowest BCUT2D eigenvalue weighted by atomic mass is 10.3. The summed E-state index contributed by atoms with van der Waals surface area (Å²) in [5.41, 5.74) is 0. The van der Waals surface area contributed by atoms with Gasteiger partial charge in [-0.25, -0.2) is 0 Å². The fraction of sp³-hybridized carbons (Fsp3) is 0.333. The molecule has 0 atom stereocenters. The van der Waals surface area contributed by atoms with Crippen molar-refractivity contribution in [1.29, 1.82) is 0 Å².